The third kappa shape index (κ3) is 3.83. The second-order valence-corrected chi connectivity index (χ2v) is 5.73. The van der Waals surface area contributed by atoms with Crippen LogP contribution in [0.25, 0.3) is 10.8 Å². The van der Waals surface area contributed by atoms with Gasteiger partial charge in [0, 0.05) is 12.3 Å². The van der Waals surface area contributed by atoms with Crippen LogP contribution >= 0.6 is 0 Å². The number of hydrazine groups is 1. The number of aromatic nitrogens is 2. The highest BCUT2D eigenvalue weighted by molar-refractivity contribution is 5.88. The van der Waals surface area contributed by atoms with E-state index in [0.717, 1.165) is 22.1 Å². The number of benzene rings is 2. The first-order chi connectivity index (χ1) is 12.6. The monoisotopic (exact) mass is 352 g/mol. The zero-order valence-corrected chi connectivity index (χ0v) is 14.8. The molecule has 2 aromatic carbocycles. The minimum atomic E-state index is -0.348. The number of amides is 1. The maximum Gasteiger partial charge on any atom is 0.245 e. The SMILES string of the molecule is COc1ccc2cc([C@H](C)C(=O)NNc3nccc(OC)n3)ccc2c1. The van der Waals surface area contributed by atoms with E-state index in [9.17, 15) is 4.79 Å². The van der Waals surface area contributed by atoms with Gasteiger partial charge in [0.2, 0.25) is 17.7 Å². The zero-order chi connectivity index (χ0) is 18.5. The van der Waals surface area contributed by atoms with Gasteiger partial charge in [-0.15, -0.1) is 0 Å². The first-order valence-electron chi connectivity index (χ1n) is 8.11. The molecule has 0 aliphatic rings. The Hall–Kier alpha value is -3.35. The smallest absolute Gasteiger partial charge is 0.245 e. The van der Waals surface area contributed by atoms with E-state index in [4.69, 9.17) is 9.47 Å². The first kappa shape index (κ1) is 17.5. The van der Waals surface area contributed by atoms with E-state index in [1.54, 1.807) is 19.4 Å². The lowest BCUT2D eigenvalue weighted by Gasteiger charge is -2.14. The van der Waals surface area contributed by atoms with Gasteiger partial charge in [-0.1, -0.05) is 24.3 Å². The van der Waals surface area contributed by atoms with Crippen molar-refractivity contribution in [1.82, 2.24) is 15.4 Å². The van der Waals surface area contributed by atoms with E-state index in [2.05, 4.69) is 20.8 Å². The highest BCUT2D eigenvalue weighted by Crippen LogP contribution is 2.25. The Morgan fingerprint density at radius 1 is 1.04 bits per heavy atom. The van der Waals surface area contributed by atoms with Crippen molar-refractivity contribution in [2.45, 2.75) is 12.8 Å². The van der Waals surface area contributed by atoms with Crippen molar-refractivity contribution in [3.8, 4) is 11.6 Å². The van der Waals surface area contributed by atoms with Crippen LogP contribution < -0.4 is 20.3 Å². The number of methoxy groups -OCH3 is 2. The largest absolute Gasteiger partial charge is 0.497 e. The van der Waals surface area contributed by atoms with Crippen molar-refractivity contribution < 1.29 is 14.3 Å². The van der Waals surface area contributed by atoms with Gasteiger partial charge in [0.05, 0.1) is 20.1 Å². The first-order valence-corrected chi connectivity index (χ1v) is 8.11. The van der Waals surface area contributed by atoms with Crippen LogP contribution in [0.5, 0.6) is 11.6 Å². The van der Waals surface area contributed by atoms with E-state index in [0.29, 0.717) is 5.88 Å². The average molecular weight is 352 g/mol. The van der Waals surface area contributed by atoms with Crippen LogP contribution in [0.4, 0.5) is 5.95 Å². The van der Waals surface area contributed by atoms with Gasteiger partial charge in [0.25, 0.3) is 0 Å². The van der Waals surface area contributed by atoms with E-state index >= 15 is 0 Å². The fourth-order valence-corrected chi connectivity index (χ4v) is 2.53. The second kappa shape index (κ2) is 7.69. The lowest BCUT2D eigenvalue weighted by Crippen LogP contribution is -2.33. The van der Waals surface area contributed by atoms with Gasteiger partial charge in [-0.05, 0) is 35.4 Å². The molecule has 0 fully saturated rings. The van der Waals surface area contributed by atoms with Gasteiger partial charge in [-0.3, -0.25) is 15.6 Å². The number of nitrogens with zero attached hydrogens (tertiary/aromatic N) is 2. The number of nitrogens with one attached hydrogen (secondary N) is 2. The topological polar surface area (TPSA) is 85.4 Å². The molecule has 0 aliphatic carbocycles. The van der Waals surface area contributed by atoms with Crippen LogP contribution in [0.3, 0.4) is 0 Å². The number of anilines is 1. The number of carbonyl (C=O) groups is 1. The summed E-state index contributed by atoms with van der Waals surface area (Å²) in [6.07, 6.45) is 1.54. The zero-order valence-electron chi connectivity index (χ0n) is 14.8. The number of hydrogen-bond donors (Lipinski definition) is 2. The molecule has 0 spiro atoms. The molecule has 134 valence electrons. The normalized spacial score (nSPS) is 11.7. The van der Waals surface area contributed by atoms with Gasteiger partial charge in [-0.2, -0.15) is 4.98 Å². The van der Waals surface area contributed by atoms with Crippen LogP contribution in [0.15, 0.2) is 48.7 Å². The molecule has 7 nitrogen and oxygen atoms in total. The van der Waals surface area contributed by atoms with Crippen molar-refractivity contribution in [3.63, 3.8) is 0 Å². The Bertz CT molecular complexity index is 930. The van der Waals surface area contributed by atoms with E-state index in [-0.39, 0.29) is 17.8 Å². The third-order valence-electron chi connectivity index (χ3n) is 4.10. The van der Waals surface area contributed by atoms with Crippen LogP contribution in [0.1, 0.15) is 18.4 Å². The van der Waals surface area contributed by atoms with Gasteiger partial charge in [0.15, 0.2) is 0 Å². The Morgan fingerprint density at radius 3 is 2.58 bits per heavy atom. The molecule has 3 rings (SSSR count). The summed E-state index contributed by atoms with van der Waals surface area (Å²) in [7, 11) is 3.16. The molecular formula is C19H20N4O3. The fraction of sp³-hybridized carbons (Fsp3) is 0.211. The number of hydrogen-bond acceptors (Lipinski definition) is 6. The quantitative estimate of drug-likeness (QED) is 0.664. The van der Waals surface area contributed by atoms with Crippen LogP contribution in [0.2, 0.25) is 0 Å². The lowest BCUT2D eigenvalue weighted by molar-refractivity contribution is -0.121. The third-order valence-corrected chi connectivity index (χ3v) is 4.10. The van der Waals surface area contributed by atoms with Crippen molar-refractivity contribution >= 4 is 22.6 Å². The Morgan fingerprint density at radius 2 is 1.81 bits per heavy atom. The summed E-state index contributed by atoms with van der Waals surface area (Å²) in [5, 5.41) is 2.11. The van der Waals surface area contributed by atoms with E-state index in [1.807, 2.05) is 43.3 Å². The number of ether oxygens (including phenoxy) is 2. The second-order valence-electron chi connectivity index (χ2n) is 5.73. The van der Waals surface area contributed by atoms with Crippen molar-refractivity contribution in [3.05, 3.63) is 54.2 Å². The summed E-state index contributed by atoms with van der Waals surface area (Å²) in [6.45, 7) is 1.84. The predicted molar refractivity (Wildman–Crippen MR) is 99.3 cm³/mol. The van der Waals surface area contributed by atoms with E-state index in [1.165, 1.54) is 7.11 Å². The summed E-state index contributed by atoms with van der Waals surface area (Å²) >= 11 is 0. The highest BCUT2D eigenvalue weighted by atomic mass is 16.5. The lowest BCUT2D eigenvalue weighted by atomic mass is 9.97. The summed E-state index contributed by atoms with van der Waals surface area (Å²) in [4.78, 5) is 20.5. The maximum atomic E-state index is 12.4. The Balaban J connectivity index is 1.70. The Labute approximate surface area is 151 Å². The number of rotatable bonds is 6. The molecule has 1 heterocycles. The minimum absolute atomic E-state index is 0.190. The standard InChI is InChI=1S/C19H20N4O3/c1-12(18(24)22-23-19-20-9-8-17(21-19)26-3)13-4-5-15-11-16(25-2)7-6-14(15)10-13/h4-12H,1-3H3,(H,22,24)(H,20,21,23)/t12-/m0/s1. The molecule has 0 aliphatic heterocycles. The summed E-state index contributed by atoms with van der Waals surface area (Å²) in [5.41, 5.74) is 6.24. The van der Waals surface area contributed by atoms with Gasteiger partial charge < -0.3 is 9.47 Å². The molecule has 7 heteroatoms. The molecule has 3 aromatic rings. The molecule has 0 bridgehead atoms. The molecule has 0 radical (unpaired) electrons. The molecule has 26 heavy (non-hydrogen) atoms. The molecule has 1 amide bonds. The van der Waals surface area contributed by atoms with Gasteiger partial charge >= 0.3 is 0 Å². The summed E-state index contributed by atoms with van der Waals surface area (Å²) < 4.78 is 10.3. The summed E-state index contributed by atoms with van der Waals surface area (Å²) in [5.74, 6) is 0.938. The molecule has 0 unspecified atom stereocenters. The highest BCUT2D eigenvalue weighted by Gasteiger charge is 2.16. The predicted octanol–water partition coefficient (Wildman–Crippen LogP) is 2.89. The van der Waals surface area contributed by atoms with Crippen LogP contribution in [-0.4, -0.2) is 30.1 Å². The van der Waals surface area contributed by atoms with E-state index < -0.39 is 0 Å². The van der Waals surface area contributed by atoms with Gasteiger partial charge in [-0.25, -0.2) is 4.98 Å². The molecular weight excluding hydrogens is 332 g/mol. The van der Waals surface area contributed by atoms with Crippen LogP contribution in [0, 0.1) is 0 Å². The average Bonchev–Trinajstić information content (AvgIpc) is 2.70. The Kier molecular flexibility index (Phi) is 5.17. The number of fused-ring (bicyclic) bond motifs is 1. The fourth-order valence-electron chi connectivity index (χ4n) is 2.53. The molecule has 1 aromatic heterocycles. The summed E-state index contributed by atoms with van der Waals surface area (Å²) in [6, 6.07) is 13.4. The molecule has 0 saturated carbocycles. The molecule has 0 saturated heterocycles. The maximum absolute atomic E-state index is 12.4. The molecule has 2 N–H and O–H groups in total. The van der Waals surface area contributed by atoms with Crippen molar-refractivity contribution in [1.29, 1.82) is 0 Å². The van der Waals surface area contributed by atoms with Crippen molar-refractivity contribution in [2.75, 3.05) is 19.6 Å². The van der Waals surface area contributed by atoms with Gasteiger partial charge in [0.1, 0.15) is 5.75 Å². The number of carbonyl (C=O) groups excluding carboxylic acids is 1. The van der Waals surface area contributed by atoms with Crippen LogP contribution in [-0.2, 0) is 4.79 Å². The minimum Gasteiger partial charge on any atom is -0.497 e. The molecule has 1 atom stereocenters. The van der Waals surface area contributed by atoms with Crippen molar-refractivity contribution in [2.24, 2.45) is 0 Å².